The molecule has 0 saturated carbocycles. The molecule has 0 amide bonds. The fourth-order valence-corrected chi connectivity index (χ4v) is 17.2. The molecule has 7 aromatic heterocycles. The molecule has 7 aromatic carbocycles. The molecule has 0 radical (unpaired) electrons. The van der Waals surface area contributed by atoms with E-state index in [0.29, 0.717) is 0 Å². The summed E-state index contributed by atoms with van der Waals surface area (Å²) in [5.41, 5.74) is 66.5. The lowest BCUT2D eigenvalue weighted by molar-refractivity contribution is 0.991. The van der Waals surface area contributed by atoms with Crippen LogP contribution in [0.25, 0.3) is 76.5 Å². The SMILES string of the molecule is Cc1c(C)c(C)c2c(C)c(C)c(C)c(C)c2c1C.Cc1nc(C)c2c(C)c(C)c(C)c(C)c2n1.Cc1nc2c(C)c(C)c(C)c(C)c2c(C)c1C.Cc1nc2c(C)c(C)c(C)c(C)c2c(C)c1C.Cc1nc2c(C)c(C)c(C)c(C)c2nc1C.Cc1nc2nc(C)c(C)c(C)c2c(C)c1C.Cc1nnc2c(C)c(C)c(C)c(C)c2c1C. The first-order chi connectivity index (χ1) is 53.7. The zero-order valence-electron chi connectivity index (χ0n) is 80.5. The van der Waals surface area contributed by atoms with Crippen molar-refractivity contribution in [2.24, 2.45) is 0 Å². The minimum absolute atomic E-state index is 0.857. The van der Waals surface area contributed by atoms with Gasteiger partial charge in [0.05, 0.1) is 50.2 Å². The Balaban J connectivity index is 0.000000169. The molecule has 10 nitrogen and oxygen atoms in total. The Bertz CT molecular complexity index is 6040. The predicted octanol–water partition coefficient (Wildman–Crippen LogP) is 28.0. The van der Waals surface area contributed by atoms with Gasteiger partial charge >= 0.3 is 0 Å². The maximum Gasteiger partial charge on any atom is 0.160 e. The summed E-state index contributed by atoms with van der Waals surface area (Å²) in [5, 5.41) is 18.0. The Kier molecular flexibility index (Phi) is 27.8. The number of rotatable bonds is 0. The van der Waals surface area contributed by atoms with Gasteiger partial charge in [-0.2, -0.15) is 5.10 Å². The summed E-state index contributed by atoms with van der Waals surface area (Å²) >= 11 is 0. The van der Waals surface area contributed by atoms with Gasteiger partial charge in [-0.3, -0.25) is 9.97 Å². The number of pyridine rings is 4. The summed E-state index contributed by atoms with van der Waals surface area (Å²) in [6.45, 7) is 99.5. The molecule has 612 valence electrons. The van der Waals surface area contributed by atoms with Crippen LogP contribution >= 0.6 is 0 Å². The Morgan fingerprint density at radius 2 is 0.310 bits per heavy atom. The average Bonchev–Trinajstić information content (AvgIpc) is 0.723. The highest BCUT2D eigenvalue weighted by atomic mass is 15.1. The third kappa shape index (κ3) is 16.5. The molecule has 116 heavy (non-hydrogen) atoms. The number of nitrogens with zero attached hydrogens (tertiary/aromatic N) is 10. The fourth-order valence-electron chi connectivity index (χ4n) is 17.2. The van der Waals surface area contributed by atoms with Gasteiger partial charge in [-0.25, -0.2) is 29.9 Å². The van der Waals surface area contributed by atoms with Gasteiger partial charge in [0.2, 0.25) is 0 Å². The first kappa shape index (κ1) is 91.7. The summed E-state index contributed by atoms with van der Waals surface area (Å²) in [7, 11) is 0. The van der Waals surface area contributed by atoms with Gasteiger partial charge < -0.3 is 0 Å². The van der Waals surface area contributed by atoms with Crippen LogP contribution in [0.5, 0.6) is 0 Å². The van der Waals surface area contributed by atoms with E-state index in [0.717, 1.165) is 79.1 Å². The molecule has 0 unspecified atom stereocenters. The van der Waals surface area contributed by atoms with Crippen LogP contribution in [-0.2, 0) is 0 Å². The van der Waals surface area contributed by atoms with Gasteiger partial charge in [-0.05, 0) is 535 Å². The molecule has 0 aliphatic carbocycles. The van der Waals surface area contributed by atoms with E-state index in [9.17, 15) is 0 Å². The number of hydrogen-bond donors (Lipinski definition) is 0. The minimum Gasteiger partial charge on any atom is -0.253 e. The lowest BCUT2D eigenvalue weighted by Crippen LogP contribution is -2.01. The average molecular weight is 1550 g/mol. The number of aromatic nitrogens is 10. The molecule has 0 aliphatic rings. The zero-order valence-corrected chi connectivity index (χ0v) is 80.5. The molecule has 0 fully saturated rings. The predicted molar refractivity (Wildman–Crippen MR) is 503 cm³/mol. The van der Waals surface area contributed by atoms with E-state index in [2.05, 4.69) is 317 Å². The molecule has 10 heteroatoms. The van der Waals surface area contributed by atoms with Crippen LogP contribution in [0.1, 0.15) is 257 Å². The number of hydrogen-bond acceptors (Lipinski definition) is 10. The van der Waals surface area contributed by atoms with Crippen LogP contribution in [0, 0.1) is 318 Å². The maximum atomic E-state index is 4.80. The van der Waals surface area contributed by atoms with Crippen LogP contribution in [0.2, 0.25) is 0 Å². The summed E-state index contributed by atoms with van der Waals surface area (Å²) in [6.07, 6.45) is 0. The molecule has 0 N–H and O–H groups in total. The largest absolute Gasteiger partial charge is 0.253 e. The van der Waals surface area contributed by atoms with Crippen molar-refractivity contribution in [1.82, 2.24) is 50.1 Å². The highest BCUT2D eigenvalue weighted by molar-refractivity contribution is 5.98. The molecule has 0 spiro atoms. The number of benzene rings is 7. The molecule has 0 saturated heterocycles. The second-order valence-electron chi connectivity index (χ2n) is 34.5. The van der Waals surface area contributed by atoms with Gasteiger partial charge in [-0.1, -0.05) is 0 Å². The van der Waals surface area contributed by atoms with Crippen molar-refractivity contribution in [3.63, 3.8) is 0 Å². The van der Waals surface area contributed by atoms with E-state index in [1.54, 1.807) is 0 Å². The van der Waals surface area contributed by atoms with Gasteiger partial charge in [0, 0.05) is 55.4 Å². The highest BCUT2D eigenvalue weighted by Gasteiger charge is 2.22. The normalized spacial score (nSPS) is 11.2. The standard InChI is InChI=1S/C18H24.2C16H21N.4C14H18N2/c1-9-10(2)14(6)18-16(8)12(4)11(3)15(7)17(18)13(9)5;2*1-8-9(2)13(6)16-15(11(8)4)12(5)10(3)14(7)17-16;1-7-9(3)13-10(4)8(2)12(6)16-14(13)15-11(7)5;1-7-8(2)10(4)14-13(9(7)3)11(5)15-12(6)16-14;1-7-8(2)10(4)14-13(9(7)3)15-11(5)12(6)16-14;1-7-8(2)10(4)14-13(9(7)3)11(5)12(6)15-16-14/h1-8H3;2*1-7H3;4*1-6H3. The van der Waals surface area contributed by atoms with Crippen molar-refractivity contribution >= 4 is 76.5 Å². The van der Waals surface area contributed by atoms with Gasteiger partial charge in [0.25, 0.3) is 0 Å². The molecular formula is C106H138N10. The zero-order chi connectivity index (χ0) is 87.7. The minimum atomic E-state index is 0.857. The molecule has 14 rings (SSSR count). The summed E-state index contributed by atoms with van der Waals surface area (Å²) in [4.78, 5) is 37.2. The number of fused-ring (bicyclic) bond motifs is 7. The third-order valence-corrected chi connectivity index (χ3v) is 28.9. The second-order valence-corrected chi connectivity index (χ2v) is 34.5. The topological polar surface area (TPSA) is 129 Å². The van der Waals surface area contributed by atoms with Crippen LogP contribution in [0.3, 0.4) is 0 Å². The van der Waals surface area contributed by atoms with Crippen LogP contribution < -0.4 is 0 Å². The maximum absolute atomic E-state index is 4.80. The first-order valence-corrected chi connectivity index (χ1v) is 41.7. The fraction of sp³-hybridized carbons (Fsp3) is 0.434. The molecule has 7 heterocycles. The van der Waals surface area contributed by atoms with Crippen molar-refractivity contribution in [1.29, 1.82) is 0 Å². The van der Waals surface area contributed by atoms with Crippen molar-refractivity contribution in [3.05, 3.63) is 257 Å². The molecule has 0 atom stereocenters. The van der Waals surface area contributed by atoms with Gasteiger partial charge in [-0.15, -0.1) is 5.10 Å². The van der Waals surface area contributed by atoms with Crippen molar-refractivity contribution < 1.29 is 0 Å². The lowest BCUT2D eigenvalue weighted by atomic mass is 9.83. The molecular weight excluding hydrogens is 1410 g/mol. The van der Waals surface area contributed by atoms with Crippen LogP contribution in [-0.4, -0.2) is 50.1 Å². The molecule has 0 aliphatic heterocycles. The van der Waals surface area contributed by atoms with E-state index in [4.69, 9.17) is 9.97 Å². The Morgan fingerprint density at radius 1 is 0.103 bits per heavy atom. The molecule has 14 aromatic rings. The Labute approximate surface area is 698 Å². The van der Waals surface area contributed by atoms with Gasteiger partial charge in [0.1, 0.15) is 5.82 Å². The smallest absolute Gasteiger partial charge is 0.160 e. The molecule has 0 bridgehead atoms. The van der Waals surface area contributed by atoms with Gasteiger partial charge in [0.15, 0.2) is 5.65 Å². The summed E-state index contributed by atoms with van der Waals surface area (Å²) in [6, 6.07) is 0. The van der Waals surface area contributed by atoms with Crippen molar-refractivity contribution in [2.75, 3.05) is 0 Å². The summed E-state index contributed by atoms with van der Waals surface area (Å²) < 4.78 is 0. The highest BCUT2D eigenvalue weighted by Crippen LogP contribution is 2.40. The van der Waals surface area contributed by atoms with E-state index < -0.39 is 0 Å². The lowest BCUT2D eigenvalue weighted by Gasteiger charge is -2.21. The first-order valence-electron chi connectivity index (χ1n) is 41.7. The monoisotopic (exact) mass is 1550 g/mol. The van der Waals surface area contributed by atoms with E-state index in [1.165, 1.54) is 255 Å². The van der Waals surface area contributed by atoms with Crippen molar-refractivity contribution in [3.8, 4) is 0 Å². The van der Waals surface area contributed by atoms with Crippen molar-refractivity contribution in [2.45, 2.75) is 318 Å². The summed E-state index contributed by atoms with van der Waals surface area (Å²) in [5.74, 6) is 0.857. The number of aryl methyl sites for hydroxylation is 28. The quantitative estimate of drug-likeness (QED) is 0.145. The van der Waals surface area contributed by atoms with E-state index >= 15 is 0 Å². The third-order valence-electron chi connectivity index (χ3n) is 28.9. The van der Waals surface area contributed by atoms with Crippen LogP contribution in [0.4, 0.5) is 0 Å². The van der Waals surface area contributed by atoms with E-state index in [-0.39, 0.29) is 0 Å². The second kappa shape index (κ2) is 35.2. The van der Waals surface area contributed by atoms with E-state index in [1.807, 2.05) is 41.5 Å². The van der Waals surface area contributed by atoms with Crippen LogP contribution in [0.15, 0.2) is 0 Å². The Morgan fingerprint density at radius 3 is 0.612 bits per heavy atom. The Hall–Kier alpha value is -9.80.